The first kappa shape index (κ1) is 18.5. The van der Waals surface area contributed by atoms with Gasteiger partial charge >= 0.3 is 0 Å². The van der Waals surface area contributed by atoms with Crippen LogP contribution in [0.3, 0.4) is 0 Å². The summed E-state index contributed by atoms with van der Waals surface area (Å²) in [4.78, 5) is 8.92. The van der Waals surface area contributed by atoms with Crippen LogP contribution in [0.2, 0.25) is 5.02 Å². The normalized spacial score (nSPS) is 22.0. The van der Waals surface area contributed by atoms with E-state index in [2.05, 4.69) is 45.8 Å². The molecule has 1 atom stereocenters. The molecule has 1 unspecified atom stereocenters. The maximum Gasteiger partial charge on any atom is 0.193 e. The average Bonchev–Trinajstić information content (AvgIpc) is 3.08. The fourth-order valence-corrected chi connectivity index (χ4v) is 4.74. The lowest BCUT2D eigenvalue weighted by Gasteiger charge is -2.37. The van der Waals surface area contributed by atoms with Gasteiger partial charge < -0.3 is 19.7 Å². The molecule has 130 valence electrons. The van der Waals surface area contributed by atoms with Crippen molar-refractivity contribution in [3.63, 3.8) is 0 Å². The minimum atomic E-state index is 0.218. The minimum absolute atomic E-state index is 0.218. The van der Waals surface area contributed by atoms with Crippen molar-refractivity contribution >= 4 is 29.3 Å². The molecule has 1 aromatic heterocycles. The number of hydrogen-bond donors (Lipinski definition) is 1. The monoisotopic (exact) mass is 357 g/mol. The summed E-state index contributed by atoms with van der Waals surface area (Å²) in [6.07, 6.45) is 3.14. The molecule has 0 spiro atoms. The van der Waals surface area contributed by atoms with Crippen LogP contribution < -0.4 is 5.32 Å². The van der Waals surface area contributed by atoms with Crippen molar-refractivity contribution < 1.29 is 0 Å². The van der Waals surface area contributed by atoms with E-state index >= 15 is 0 Å². The second kappa shape index (κ2) is 7.81. The summed E-state index contributed by atoms with van der Waals surface area (Å²) < 4.78 is 2.06. The molecule has 7 heteroatoms. The van der Waals surface area contributed by atoms with Crippen LogP contribution in [0.5, 0.6) is 0 Å². The predicted octanol–water partition coefficient (Wildman–Crippen LogP) is 2.12. The zero-order chi connectivity index (χ0) is 17.0. The maximum absolute atomic E-state index is 6.07. The van der Waals surface area contributed by atoms with E-state index in [4.69, 9.17) is 11.6 Å². The number of halogens is 1. The van der Waals surface area contributed by atoms with Gasteiger partial charge in [-0.05, 0) is 32.3 Å². The Balaban J connectivity index is 1.98. The van der Waals surface area contributed by atoms with E-state index in [1.165, 1.54) is 23.6 Å². The summed E-state index contributed by atoms with van der Waals surface area (Å²) in [6.45, 7) is 1.69. The van der Waals surface area contributed by atoms with Crippen LogP contribution in [-0.2, 0) is 13.6 Å². The zero-order valence-electron chi connectivity index (χ0n) is 14.8. The highest BCUT2D eigenvalue weighted by atomic mass is 35.5. The summed E-state index contributed by atoms with van der Waals surface area (Å²) in [5.41, 5.74) is 1.38. The zero-order valence-corrected chi connectivity index (χ0v) is 16.3. The lowest BCUT2D eigenvalue weighted by molar-refractivity contribution is 0.181. The van der Waals surface area contributed by atoms with E-state index in [1.54, 1.807) is 0 Å². The highest BCUT2D eigenvalue weighted by Gasteiger charge is 2.36. The predicted molar refractivity (Wildman–Crippen MR) is 102 cm³/mol. The summed E-state index contributed by atoms with van der Waals surface area (Å²) in [6, 6.07) is 2.00. The maximum atomic E-state index is 6.07. The summed E-state index contributed by atoms with van der Waals surface area (Å²) in [5, 5.41) is 4.33. The molecule has 2 rings (SSSR count). The molecule has 0 aliphatic carbocycles. The Labute approximate surface area is 149 Å². The molecule has 1 aromatic rings. The van der Waals surface area contributed by atoms with Crippen LogP contribution in [0, 0.1) is 0 Å². The van der Waals surface area contributed by atoms with Crippen molar-refractivity contribution in [3.8, 4) is 0 Å². The number of nitrogens with one attached hydrogen (secondary N) is 1. The number of aryl methyl sites for hydroxylation is 1. The van der Waals surface area contributed by atoms with Crippen LogP contribution in [0.25, 0.3) is 0 Å². The molecule has 23 heavy (non-hydrogen) atoms. The van der Waals surface area contributed by atoms with Crippen molar-refractivity contribution in [1.82, 2.24) is 19.7 Å². The average molecular weight is 358 g/mol. The molecular formula is C16H28ClN5S. The number of nitrogens with zero attached hydrogens (tertiary/aromatic N) is 4. The van der Waals surface area contributed by atoms with Gasteiger partial charge in [-0.2, -0.15) is 11.8 Å². The Morgan fingerprint density at radius 3 is 2.70 bits per heavy atom. The first-order valence-electron chi connectivity index (χ1n) is 7.86. The van der Waals surface area contributed by atoms with Gasteiger partial charge in [-0.15, -0.1) is 0 Å². The Bertz CT molecular complexity index is 549. The molecule has 1 saturated heterocycles. The molecule has 0 radical (unpaired) electrons. The molecule has 1 aliphatic heterocycles. The van der Waals surface area contributed by atoms with Gasteiger partial charge in [-0.1, -0.05) is 11.6 Å². The Morgan fingerprint density at radius 2 is 2.22 bits per heavy atom. The van der Waals surface area contributed by atoms with E-state index < -0.39 is 0 Å². The van der Waals surface area contributed by atoms with E-state index in [9.17, 15) is 0 Å². The van der Waals surface area contributed by atoms with Gasteiger partial charge in [0.1, 0.15) is 0 Å². The molecule has 2 heterocycles. The van der Waals surface area contributed by atoms with Crippen LogP contribution in [-0.4, -0.2) is 72.1 Å². The smallest absolute Gasteiger partial charge is 0.193 e. The molecule has 0 aromatic carbocycles. The molecule has 0 saturated carbocycles. The first-order valence-corrected chi connectivity index (χ1v) is 9.39. The van der Waals surface area contributed by atoms with Gasteiger partial charge in [0.15, 0.2) is 5.96 Å². The third-order valence-electron chi connectivity index (χ3n) is 4.65. The summed E-state index contributed by atoms with van der Waals surface area (Å²) in [7, 11) is 10.3. The van der Waals surface area contributed by atoms with Crippen LogP contribution in [0.1, 0.15) is 12.1 Å². The largest absolute Gasteiger partial charge is 0.354 e. The third kappa shape index (κ3) is 4.37. The number of rotatable bonds is 5. The fraction of sp³-hybridized carbons (Fsp3) is 0.688. The highest BCUT2D eigenvalue weighted by Crippen LogP contribution is 2.31. The highest BCUT2D eigenvalue weighted by molar-refractivity contribution is 7.99. The van der Waals surface area contributed by atoms with Gasteiger partial charge in [-0.3, -0.25) is 4.99 Å². The number of thioether (sulfide) groups is 1. The standard InChI is InChI=1S/C16H28ClN5S/c1-18-15(19-11-16(20(2)3)6-7-23-12-16)22(5)10-14-8-13(17)9-21(14)4/h8-9H,6-7,10-12H2,1-5H3,(H,18,19). The molecule has 1 aliphatic rings. The Kier molecular flexibility index (Phi) is 6.28. The van der Waals surface area contributed by atoms with Crippen molar-refractivity contribution in [2.45, 2.75) is 18.5 Å². The van der Waals surface area contributed by atoms with Crippen molar-refractivity contribution in [3.05, 3.63) is 23.0 Å². The second-order valence-electron chi connectivity index (χ2n) is 6.44. The van der Waals surface area contributed by atoms with Gasteiger partial charge in [0, 0.05) is 50.9 Å². The summed E-state index contributed by atoms with van der Waals surface area (Å²) in [5.74, 6) is 3.32. The first-order chi connectivity index (χ1) is 10.9. The molecule has 0 bridgehead atoms. The number of guanidine groups is 1. The quantitative estimate of drug-likeness (QED) is 0.647. The van der Waals surface area contributed by atoms with E-state index in [1.807, 2.05) is 38.1 Å². The lowest BCUT2D eigenvalue weighted by Crippen LogP contribution is -2.54. The van der Waals surface area contributed by atoms with E-state index in [0.717, 1.165) is 24.1 Å². The van der Waals surface area contributed by atoms with Crippen molar-refractivity contribution in [2.24, 2.45) is 12.0 Å². The van der Waals surface area contributed by atoms with Gasteiger partial charge in [0.25, 0.3) is 0 Å². The number of hydrogen-bond acceptors (Lipinski definition) is 3. The fourth-order valence-electron chi connectivity index (χ4n) is 2.92. The SMILES string of the molecule is CN=C(NCC1(N(C)C)CCSC1)N(C)Cc1cc(Cl)cn1C. The Morgan fingerprint density at radius 1 is 1.48 bits per heavy atom. The lowest BCUT2D eigenvalue weighted by atomic mass is 9.97. The van der Waals surface area contributed by atoms with E-state index in [-0.39, 0.29) is 5.54 Å². The molecule has 5 nitrogen and oxygen atoms in total. The Hall–Kier alpha value is -0.850. The van der Waals surface area contributed by atoms with Gasteiger partial charge in [0.05, 0.1) is 11.6 Å². The molecule has 1 fully saturated rings. The third-order valence-corrected chi connectivity index (χ3v) is 6.09. The van der Waals surface area contributed by atoms with E-state index in [0.29, 0.717) is 0 Å². The second-order valence-corrected chi connectivity index (χ2v) is 7.98. The molecule has 0 amide bonds. The summed E-state index contributed by atoms with van der Waals surface area (Å²) >= 11 is 8.10. The number of aliphatic imine (C=N–C) groups is 1. The van der Waals surface area contributed by atoms with Crippen molar-refractivity contribution in [1.29, 1.82) is 0 Å². The van der Waals surface area contributed by atoms with Crippen LogP contribution in [0.4, 0.5) is 0 Å². The molecular weight excluding hydrogens is 330 g/mol. The van der Waals surface area contributed by atoms with Crippen LogP contribution >= 0.6 is 23.4 Å². The minimum Gasteiger partial charge on any atom is -0.354 e. The molecule has 1 N–H and O–H groups in total. The topological polar surface area (TPSA) is 35.8 Å². The van der Waals surface area contributed by atoms with Gasteiger partial charge in [0.2, 0.25) is 0 Å². The number of likely N-dealkylation sites (N-methyl/N-ethyl adjacent to an activating group) is 1. The number of aromatic nitrogens is 1. The van der Waals surface area contributed by atoms with Crippen LogP contribution in [0.15, 0.2) is 17.3 Å². The van der Waals surface area contributed by atoms with Crippen molar-refractivity contribution in [2.75, 3.05) is 46.2 Å². The van der Waals surface area contributed by atoms with Gasteiger partial charge in [-0.25, -0.2) is 0 Å².